The number of halogens is 3. The first-order valence-electron chi connectivity index (χ1n) is 10.2. The molecule has 0 unspecified atom stereocenters. The summed E-state index contributed by atoms with van der Waals surface area (Å²) < 4.78 is 56.7. The lowest BCUT2D eigenvalue weighted by Crippen LogP contribution is -2.16. The van der Waals surface area contributed by atoms with Gasteiger partial charge in [0.15, 0.2) is 11.5 Å². The van der Waals surface area contributed by atoms with E-state index < -0.39 is 17.7 Å². The van der Waals surface area contributed by atoms with Gasteiger partial charge in [0.25, 0.3) is 0 Å². The van der Waals surface area contributed by atoms with Crippen molar-refractivity contribution >= 4 is 5.97 Å². The monoisotopic (exact) mass is 460 g/mol. The molecule has 5 nitrogen and oxygen atoms in total. The van der Waals surface area contributed by atoms with Crippen molar-refractivity contribution in [3.63, 3.8) is 0 Å². The van der Waals surface area contributed by atoms with E-state index in [1.807, 2.05) is 0 Å². The number of hydrogen-bond acceptors (Lipinski definition) is 4. The standard InChI is InChI=1S/C25H23F3O5/c1-17(12-13-31-21-9-5-6-18(14-21)15-24(29)30)32-22-11-10-19(25(26,27)28)16-23(22)33-20-7-3-2-4-8-20/h2-11,14,16-17H,12-13,15H2,1H3,(H,29,30)/t17-/m1/s1. The van der Waals surface area contributed by atoms with Crippen LogP contribution >= 0.6 is 0 Å². The zero-order chi connectivity index (χ0) is 23.8. The number of carboxylic acids is 1. The van der Waals surface area contributed by atoms with E-state index in [2.05, 4.69) is 0 Å². The van der Waals surface area contributed by atoms with Crippen molar-refractivity contribution < 1.29 is 37.3 Å². The van der Waals surface area contributed by atoms with E-state index in [0.29, 0.717) is 23.5 Å². The van der Waals surface area contributed by atoms with E-state index in [1.165, 1.54) is 6.07 Å². The third kappa shape index (κ3) is 7.45. The van der Waals surface area contributed by atoms with Gasteiger partial charge < -0.3 is 19.3 Å². The zero-order valence-electron chi connectivity index (χ0n) is 17.8. The summed E-state index contributed by atoms with van der Waals surface area (Å²) in [6.45, 7) is 2.04. The molecule has 3 aromatic rings. The van der Waals surface area contributed by atoms with Crippen LogP contribution in [0, 0.1) is 0 Å². The van der Waals surface area contributed by atoms with Gasteiger partial charge in [-0.3, -0.25) is 4.79 Å². The van der Waals surface area contributed by atoms with Gasteiger partial charge in [0.1, 0.15) is 11.5 Å². The Bertz CT molecular complexity index is 1070. The fraction of sp³-hybridized carbons (Fsp3) is 0.240. The maximum atomic E-state index is 13.2. The number of benzene rings is 3. The summed E-state index contributed by atoms with van der Waals surface area (Å²) in [6.07, 6.45) is -4.56. The number of rotatable bonds is 10. The van der Waals surface area contributed by atoms with Gasteiger partial charge in [-0.1, -0.05) is 30.3 Å². The van der Waals surface area contributed by atoms with E-state index in [0.717, 1.165) is 12.1 Å². The molecule has 0 saturated carbocycles. The van der Waals surface area contributed by atoms with Crippen LogP contribution in [0.5, 0.6) is 23.0 Å². The van der Waals surface area contributed by atoms with E-state index in [4.69, 9.17) is 19.3 Å². The smallest absolute Gasteiger partial charge is 0.416 e. The second-order valence-electron chi connectivity index (χ2n) is 7.36. The van der Waals surface area contributed by atoms with Gasteiger partial charge in [-0.25, -0.2) is 0 Å². The Labute approximate surface area is 189 Å². The molecule has 0 heterocycles. The maximum absolute atomic E-state index is 13.2. The van der Waals surface area contributed by atoms with Crippen molar-refractivity contribution in [2.45, 2.75) is 32.0 Å². The Balaban J connectivity index is 1.64. The quantitative estimate of drug-likeness (QED) is 0.381. The Morgan fingerprint density at radius 3 is 2.36 bits per heavy atom. The van der Waals surface area contributed by atoms with Crippen LogP contribution in [0.3, 0.4) is 0 Å². The molecule has 0 saturated heterocycles. The zero-order valence-corrected chi connectivity index (χ0v) is 17.8. The Kier molecular flexibility index (Phi) is 7.82. The first kappa shape index (κ1) is 24.0. The minimum Gasteiger partial charge on any atom is -0.493 e. The highest BCUT2D eigenvalue weighted by atomic mass is 19.4. The van der Waals surface area contributed by atoms with Gasteiger partial charge in [0.2, 0.25) is 0 Å². The molecule has 8 heteroatoms. The van der Waals surface area contributed by atoms with Crippen molar-refractivity contribution in [3.05, 3.63) is 83.9 Å². The fourth-order valence-corrected chi connectivity index (χ4v) is 3.02. The summed E-state index contributed by atoms with van der Waals surface area (Å²) in [7, 11) is 0. The second-order valence-corrected chi connectivity index (χ2v) is 7.36. The van der Waals surface area contributed by atoms with E-state index in [1.54, 1.807) is 61.5 Å². The molecule has 0 aliphatic rings. The van der Waals surface area contributed by atoms with Crippen LogP contribution in [0.25, 0.3) is 0 Å². The van der Waals surface area contributed by atoms with Gasteiger partial charge in [0.05, 0.1) is 24.7 Å². The van der Waals surface area contributed by atoms with Crippen LogP contribution < -0.4 is 14.2 Å². The maximum Gasteiger partial charge on any atom is 0.416 e. The van der Waals surface area contributed by atoms with Crippen LogP contribution in [-0.2, 0) is 17.4 Å². The van der Waals surface area contributed by atoms with Crippen LogP contribution in [-0.4, -0.2) is 23.8 Å². The van der Waals surface area contributed by atoms with Crippen molar-refractivity contribution in [1.82, 2.24) is 0 Å². The molecule has 33 heavy (non-hydrogen) atoms. The normalized spacial score (nSPS) is 12.1. The predicted molar refractivity (Wildman–Crippen MR) is 116 cm³/mol. The molecular weight excluding hydrogens is 437 g/mol. The highest BCUT2D eigenvalue weighted by molar-refractivity contribution is 5.70. The molecule has 0 amide bonds. The Morgan fingerprint density at radius 1 is 0.939 bits per heavy atom. The van der Waals surface area contributed by atoms with Crippen molar-refractivity contribution in [3.8, 4) is 23.0 Å². The molecule has 174 valence electrons. The number of aliphatic carboxylic acids is 1. The number of carbonyl (C=O) groups is 1. The average molecular weight is 460 g/mol. The van der Waals surface area contributed by atoms with Gasteiger partial charge >= 0.3 is 12.1 Å². The third-order valence-corrected chi connectivity index (χ3v) is 4.62. The molecule has 0 radical (unpaired) electrons. The molecule has 0 spiro atoms. The number of carboxylic acid groups (broad SMARTS) is 1. The molecule has 1 N–H and O–H groups in total. The van der Waals surface area contributed by atoms with Crippen LogP contribution in [0.1, 0.15) is 24.5 Å². The fourth-order valence-electron chi connectivity index (χ4n) is 3.02. The first-order chi connectivity index (χ1) is 15.7. The van der Waals surface area contributed by atoms with Crippen molar-refractivity contribution in [1.29, 1.82) is 0 Å². The molecule has 3 aromatic carbocycles. The molecule has 1 atom stereocenters. The van der Waals surface area contributed by atoms with Crippen molar-refractivity contribution in [2.75, 3.05) is 6.61 Å². The molecule has 0 aliphatic heterocycles. The SMILES string of the molecule is C[C@H](CCOc1cccc(CC(=O)O)c1)Oc1ccc(C(F)(F)F)cc1Oc1ccccc1. The Morgan fingerprint density at radius 2 is 1.67 bits per heavy atom. The highest BCUT2D eigenvalue weighted by Gasteiger charge is 2.31. The summed E-state index contributed by atoms with van der Waals surface area (Å²) >= 11 is 0. The summed E-state index contributed by atoms with van der Waals surface area (Å²) in [4.78, 5) is 10.8. The topological polar surface area (TPSA) is 65.0 Å². The van der Waals surface area contributed by atoms with E-state index >= 15 is 0 Å². The number of ether oxygens (including phenoxy) is 3. The Hall–Kier alpha value is -3.68. The molecular formula is C25H23F3O5. The molecule has 0 bridgehead atoms. The average Bonchev–Trinajstić information content (AvgIpc) is 2.75. The lowest BCUT2D eigenvalue weighted by atomic mass is 10.1. The van der Waals surface area contributed by atoms with E-state index in [9.17, 15) is 18.0 Å². The predicted octanol–water partition coefficient (Wildman–Crippen LogP) is 6.36. The van der Waals surface area contributed by atoms with Crippen LogP contribution in [0.4, 0.5) is 13.2 Å². The lowest BCUT2D eigenvalue weighted by molar-refractivity contribution is -0.138. The summed E-state index contributed by atoms with van der Waals surface area (Å²) in [5.74, 6) is 0.134. The first-order valence-corrected chi connectivity index (χ1v) is 10.2. The lowest BCUT2D eigenvalue weighted by Gasteiger charge is -2.19. The minimum atomic E-state index is -4.51. The molecule has 0 fully saturated rings. The van der Waals surface area contributed by atoms with E-state index in [-0.39, 0.29) is 30.6 Å². The van der Waals surface area contributed by atoms with Crippen molar-refractivity contribution in [2.24, 2.45) is 0 Å². The molecule has 0 aliphatic carbocycles. The molecule has 0 aromatic heterocycles. The van der Waals surface area contributed by atoms with Gasteiger partial charge in [-0.05, 0) is 55.0 Å². The molecule has 3 rings (SSSR count). The second kappa shape index (κ2) is 10.8. The largest absolute Gasteiger partial charge is 0.493 e. The number of hydrogen-bond donors (Lipinski definition) is 1. The third-order valence-electron chi connectivity index (χ3n) is 4.62. The summed E-state index contributed by atoms with van der Waals surface area (Å²) in [5.41, 5.74) is -0.213. The minimum absolute atomic E-state index is 0.0369. The summed E-state index contributed by atoms with van der Waals surface area (Å²) in [5, 5.41) is 8.89. The van der Waals surface area contributed by atoms with Gasteiger partial charge in [0, 0.05) is 6.42 Å². The highest BCUT2D eigenvalue weighted by Crippen LogP contribution is 2.38. The number of para-hydroxylation sites is 1. The van der Waals surface area contributed by atoms with Gasteiger partial charge in [-0.2, -0.15) is 13.2 Å². The van der Waals surface area contributed by atoms with Gasteiger partial charge in [-0.15, -0.1) is 0 Å². The summed E-state index contributed by atoms with van der Waals surface area (Å²) in [6, 6.07) is 18.4. The van der Waals surface area contributed by atoms with Crippen LogP contribution in [0.15, 0.2) is 72.8 Å². The number of alkyl halides is 3. The van der Waals surface area contributed by atoms with Crippen LogP contribution in [0.2, 0.25) is 0 Å².